The molecular formula is C8H14O3S. The standard InChI is InChI=1S/C8H14O3S/c1-2-11-8(10)12-5-3-7(9)4-6-12/h12H,2-6H2,1H3. The topological polar surface area (TPSA) is 43.4 Å². The summed E-state index contributed by atoms with van der Waals surface area (Å²) in [7, 11) is -0.647. The maximum Gasteiger partial charge on any atom is 0.347 e. The number of rotatable bonds is 1. The van der Waals surface area contributed by atoms with Crippen molar-refractivity contribution in [3.63, 3.8) is 0 Å². The van der Waals surface area contributed by atoms with E-state index in [1.807, 2.05) is 6.92 Å². The Hall–Kier alpha value is -0.510. The van der Waals surface area contributed by atoms with Crippen molar-refractivity contribution in [1.29, 1.82) is 0 Å². The fraction of sp³-hybridized carbons (Fsp3) is 0.750. The van der Waals surface area contributed by atoms with Gasteiger partial charge in [0.25, 0.3) is 0 Å². The molecule has 0 radical (unpaired) electrons. The van der Waals surface area contributed by atoms with E-state index in [1.54, 1.807) is 0 Å². The summed E-state index contributed by atoms with van der Waals surface area (Å²) in [5.41, 5.74) is 0. The molecule has 3 nitrogen and oxygen atoms in total. The smallest absolute Gasteiger partial charge is 0.347 e. The molecule has 1 rings (SSSR count). The van der Waals surface area contributed by atoms with E-state index in [0.717, 1.165) is 11.5 Å². The molecule has 4 heteroatoms. The third-order valence-electron chi connectivity index (χ3n) is 1.85. The molecule has 0 aromatic carbocycles. The highest BCUT2D eigenvalue weighted by molar-refractivity contribution is 8.29. The largest absolute Gasteiger partial charge is 0.459 e. The Morgan fingerprint density at radius 2 is 2.08 bits per heavy atom. The summed E-state index contributed by atoms with van der Waals surface area (Å²) < 4.78 is 4.90. The summed E-state index contributed by atoms with van der Waals surface area (Å²) in [5.74, 6) is 1.78. The van der Waals surface area contributed by atoms with E-state index in [-0.39, 0.29) is 11.1 Å². The van der Waals surface area contributed by atoms with Crippen LogP contribution in [0, 0.1) is 0 Å². The van der Waals surface area contributed by atoms with Gasteiger partial charge in [0.15, 0.2) is 0 Å². The Kier molecular flexibility index (Phi) is 3.59. The predicted octanol–water partition coefficient (Wildman–Crippen LogP) is 1.51. The van der Waals surface area contributed by atoms with Crippen LogP contribution < -0.4 is 0 Å². The van der Waals surface area contributed by atoms with Crippen molar-refractivity contribution in [3.05, 3.63) is 0 Å². The summed E-state index contributed by atoms with van der Waals surface area (Å²) in [6.45, 7) is 2.26. The SMILES string of the molecule is CCOC(=O)[SH]1CCC(=O)CC1. The Balaban J connectivity index is 2.33. The lowest BCUT2D eigenvalue weighted by molar-refractivity contribution is -0.118. The number of ether oxygens (including phenoxy) is 1. The molecule has 0 aliphatic carbocycles. The minimum Gasteiger partial charge on any atom is -0.459 e. The lowest BCUT2D eigenvalue weighted by Crippen LogP contribution is -2.18. The zero-order valence-electron chi connectivity index (χ0n) is 7.21. The van der Waals surface area contributed by atoms with Gasteiger partial charge in [0.05, 0.1) is 6.61 Å². The van der Waals surface area contributed by atoms with E-state index in [1.165, 1.54) is 0 Å². The van der Waals surface area contributed by atoms with Crippen LogP contribution in [0.3, 0.4) is 0 Å². The van der Waals surface area contributed by atoms with Gasteiger partial charge in [0.2, 0.25) is 0 Å². The van der Waals surface area contributed by atoms with Crippen LogP contribution in [0.2, 0.25) is 0 Å². The van der Waals surface area contributed by atoms with E-state index >= 15 is 0 Å². The molecule has 1 aliphatic rings. The van der Waals surface area contributed by atoms with E-state index in [4.69, 9.17) is 4.74 Å². The first-order chi connectivity index (χ1) is 5.74. The Morgan fingerprint density at radius 1 is 1.50 bits per heavy atom. The van der Waals surface area contributed by atoms with E-state index in [0.29, 0.717) is 19.4 Å². The van der Waals surface area contributed by atoms with Crippen molar-refractivity contribution in [3.8, 4) is 0 Å². The number of ketones is 1. The lowest BCUT2D eigenvalue weighted by atomic mass is 10.2. The van der Waals surface area contributed by atoms with Crippen molar-refractivity contribution >= 4 is 22.0 Å². The Bertz CT molecular complexity index is 181. The zero-order chi connectivity index (χ0) is 8.97. The van der Waals surface area contributed by atoms with Crippen molar-refractivity contribution < 1.29 is 14.3 Å². The average molecular weight is 190 g/mol. The van der Waals surface area contributed by atoms with Crippen LogP contribution in [0.15, 0.2) is 0 Å². The van der Waals surface area contributed by atoms with E-state index < -0.39 is 10.9 Å². The quantitative estimate of drug-likeness (QED) is 0.503. The first-order valence-electron chi connectivity index (χ1n) is 4.17. The molecule has 0 unspecified atom stereocenters. The fourth-order valence-corrected chi connectivity index (χ4v) is 3.09. The normalized spacial score (nSPS) is 20.8. The first-order valence-corrected chi connectivity index (χ1v) is 5.88. The minimum atomic E-state index is -0.647. The number of carbonyl (C=O) groups is 2. The molecule has 1 heterocycles. The van der Waals surface area contributed by atoms with Crippen LogP contribution in [0.5, 0.6) is 0 Å². The second kappa shape index (κ2) is 4.50. The molecule has 0 spiro atoms. The lowest BCUT2D eigenvalue weighted by Gasteiger charge is -2.22. The van der Waals surface area contributed by atoms with Crippen LogP contribution in [0.1, 0.15) is 19.8 Å². The van der Waals surface area contributed by atoms with Gasteiger partial charge in [-0.05, 0) is 18.4 Å². The summed E-state index contributed by atoms with van der Waals surface area (Å²) in [5, 5.41) is -0.0694. The number of carbonyl (C=O) groups excluding carboxylic acids is 2. The van der Waals surface area contributed by atoms with Gasteiger partial charge in [-0.2, -0.15) is 10.9 Å². The maximum absolute atomic E-state index is 11.2. The minimum absolute atomic E-state index is 0.0694. The molecular weight excluding hydrogens is 176 g/mol. The number of hydrogen-bond donors (Lipinski definition) is 1. The fourth-order valence-electron chi connectivity index (χ4n) is 1.15. The molecule has 0 amide bonds. The molecule has 0 aromatic heterocycles. The number of thiol groups is 1. The molecule has 1 fully saturated rings. The van der Waals surface area contributed by atoms with Gasteiger partial charge in [-0.3, -0.25) is 4.79 Å². The number of Topliss-reactive ketones (excluding diaryl/α,β-unsaturated/α-hetero) is 1. The molecule has 0 saturated carbocycles. The van der Waals surface area contributed by atoms with Crippen LogP contribution >= 0.6 is 10.9 Å². The maximum atomic E-state index is 11.2. The third kappa shape index (κ3) is 2.52. The zero-order valence-corrected chi connectivity index (χ0v) is 8.10. The highest BCUT2D eigenvalue weighted by Crippen LogP contribution is 2.33. The van der Waals surface area contributed by atoms with Crippen LogP contribution in [0.4, 0.5) is 4.79 Å². The molecule has 1 aliphatic heterocycles. The molecule has 1 saturated heterocycles. The first kappa shape index (κ1) is 9.58. The van der Waals surface area contributed by atoms with Gasteiger partial charge in [-0.15, -0.1) is 0 Å². The Labute approximate surface area is 74.8 Å². The Morgan fingerprint density at radius 3 is 2.58 bits per heavy atom. The second-order valence-corrected chi connectivity index (χ2v) is 5.06. The van der Waals surface area contributed by atoms with Gasteiger partial charge >= 0.3 is 5.30 Å². The van der Waals surface area contributed by atoms with Crippen molar-refractivity contribution in [2.45, 2.75) is 19.8 Å². The summed E-state index contributed by atoms with van der Waals surface area (Å²) in [6, 6.07) is 0. The molecule has 0 aromatic rings. The molecule has 0 atom stereocenters. The molecule has 0 N–H and O–H groups in total. The molecule has 70 valence electrons. The highest BCUT2D eigenvalue weighted by atomic mass is 32.2. The van der Waals surface area contributed by atoms with Gasteiger partial charge in [0.1, 0.15) is 5.78 Å². The molecule has 12 heavy (non-hydrogen) atoms. The highest BCUT2D eigenvalue weighted by Gasteiger charge is 2.21. The number of hydrogen-bond acceptors (Lipinski definition) is 3. The van der Waals surface area contributed by atoms with E-state index in [2.05, 4.69) is 0 Å². The summed E-state index contributed by atoms with van der Waals surface area (Å²) >= 11 is 0. The van der Waals surface area contributed by atoms with Crippen molar-refractivity contribution in [2.24, 2.45) is 0 Å². The van der Waals surface area contributed by atoms with Gasteiger partial charge in [0, 0.05) is 12.8 Å². The molecule has 0 bridgehead atoms. The summed E-state index contributed by atoms with van der Waals surface area (Å²) in [4.78, 5) is 22.0. The van der Waals surface area contributed by atoms with E-state index in [9.17, 15) is 9.59 Å². The van der Waals surface area contributed by atoms with Crippen LogP contribution in [0.25, 0.3) is 0 Å². The monoisotopic (exact) mass is 190 g/mol. The second-order valence-electron chi connectivity index (χ2n) is 2.72. The third-order valence-corrected chi connectivity index (χ3v) is 4.02. The van der Waals surface area contributed by atoms with Crippen LogP contribution in [-0.2, 0) is 9.53 Å². The van der Waals surface area contributed by atoms with Gasteiger partial charge in [-0.25, -0.2) is 4.79 Å². The predicted molar refractivity (Wildman–Crippen MR) is 50.0 cm³/mol. The van der Waals surface area contributed by atoms with Crippen LogP contribution in [-0.4, -0.2) is 29.2 Å². The average Bonchev–Trinajstić information content (AvgIpc) is 2.06. The van der Waals surface area contributed by atoms with Gasteiger partial charge in [-0.1, -0.05) is 0 Å². The summed E-state index contributed by atoms with van der Waals surface area (Å²) in [6.07, 6.45) is 1.15. The van der Waals surface area contributed by atoms with Crippen molar-refractivity contribution in [1.82, 2.24) is 0 Å². The van der Waals surface area contributed by atoms with Crippen molar-refractivity contribution in [2.75, 3.05) is 18.1 Å². The van der Waals surface area contributed by atoms with Gasteiger partial charge < -0.3 is 4.74 Å².